The molecule has 20 aromatic rings. The van der Waals surface area contributed by atoms with Crippen LogP contribution in [0.2, 0.25) is 0 Å². The van der Waals surface area contributed by atoms with Gasteiger partial charge in [0.05, 0.1) is 0 Å². The first-order valence-electron chi connectivity index (χ1n) is 39.1. The summed E-state index contributed by atoms with van der Waals surface area (Å²) in [6, 6.07) is 164. The molecular weight excluding hydrogens is 1460 g/mol. The van der Waals surface area contributed by atoms with Gasteiger partial charge in [0.2, 0.25) is 0 Å². The second-order valence-electron chi connectivity index (χ2n) is 29.8. The summed E-state index contributed by atoms with van der Waals surface area (Å²) in [6.45, 7) is 0. The second-order valence-corrected chi connectivity index (χ2v) is 40.7. The molecule has 0 N–H and O–H groups in total. The van der Waals surface area contributed by atoms with Crippen molar-refractivity contribution >= 4 is 165 Å². The van der Waals surface area contributed by atoms with Crippen LogP contribution in [0, 0.1) is 0 Å². The molecule has 0 spiro atoms. The molecular formula is C112H76Sn. The molecule has 0 aromatic heterocycles. The molecule has 0 heterocycles. The van der Waals surface area contributed by atoms with Gasteiger partial charge in [0.1, 0.15) is 0 Å². The van der Waals surface area contributed by atoms with Gasteiger partial charge >= 0.3 is 669 Å². The van der Waals surface area contributed by atoms with E-state index in [2.05, 4.69) is 461 Å². The number of benzene rings is 20. The van der Waals surface area contributed by atoms with Crippen molar-refractivity contribution in [3.05, 3.63) is 504 Å². The summed E-state index contributed by atoms with van der Waals surface area (Å²) in [5, 5.41) is 19.4. The Morgan fingerprint density at radius 3 is 0.540 bits per heavy atom. The van der Waals surface area contributed by atoms with Crippen LogP contribution in [-0.4, -0.2) is 18.4 Å². The van der Waals surface area contributed by atoms with Gasteiger partial charge in [0.15, 0.2) is 0 Å². The summed E-state index contributed by atoms with van der Waals surface area (Å²) >= 11 is -4.83. The molecule has 0 nitrogen and oxygen atoms in total. The number of hydrogen-bond donors (Lipinski definition) is 0. The summed E-state index contributed by atoms with van der Waals surface area (Å²) in [4.78, 5) is 0. The van der Waals surface area contributed by atoms with E-state index in [1.807, 2.05) is 0 Å². The molecule has 528 valence electrons. The molecule has 0 saturated carbocycles. The molecule has 0 unspecified atom stereocenters. The summed E-state index contributed by atoms with van der Waals surface area (Å²) in [5.74, 6) is 0. The van der Waals surface area contributed by atoms with Crippen molar-refractivity contribution in [3.8, 4) is 0 Å². The van der Waals surface area contributed by atoms with E-state index in [9.17, 15) is 0 Å². The maximum atomic E-state index is 2.52. The standard InChI is InChI=1S/4C28H19.Sn/c4*1-2-10-23(11-3-1)28(26-18-17-21-9-4-5-13-24(21)19-26)20-25-15-8-14-22-12-6-7-16-27(22)25;/h4*2-20H;. The Kier molecular flexibility index (Phi) is 18.1. The topological polar surface area (TPSA) is 0 Å². The SMILES string of the molecule is C(=C(c1cc[c]([Sn]([c]2ccc(C(=Cc3cccc4ccccc34)c3ccc4ccccc4c3)cc2)([c]2ccc(C(=Cc3cccc4ccccc34)c3ccc4ccccc4c3)cc2)[c]2ccc(C(=Cc3cccc4ccccc34)c3ccc4ccccc4c3)cc2)cc1)c1ccc2ccccc2c1)c1cccc2ccccc12. The van der Waals surface area contributed by atoms with Gasteiger partial charge in [-0.25, -0.2) is 0 Å². The Morgan fingerprint density at radius 1 is 0.142 bits per heavy atom. The van der Waals surface area contributed by atoms with Crippen LogP contribution in [0.25, 0.3) is 133 Å². The fourth-order valence-corrected chi connectivity index (χ4v) is 30.8. The first kappa shape index (κ1) is 68.5. The van der Waals surface area contributed by atoms with Crippen molar-refractivity contribution in [2.75, 3.05) is 0 Å². The van der Waals surface area contributed by atoms with Gasteiger partial charge in [-0.2, -0.15) is 0 Å². The monoisotopic (exact) mass is 1540 g/mol. The number of rotatable bonds is 16. The molecule has 0 amide bonds. The van der Waals surface area contributed by atoms with Crippen LogP contribution in [0.3, 0.4) is 0 Å². The minimum absolute atomic E-state index is 1.15. The molecule has 0 bridgehead atoms. The first-order chi connectivity index (χ1) is 55.9. The van der Waals surface area contributed by atoms with Gasteiger partial charge < -0.3 is 0 Å². The van der Waals surface area contributed by atoms with E-state index < -0.39 is 18.4 Å². The molecule has 20 aromatic carbocycles. The van der Waals surface area contributed by atoms with Gasteiger partial charge in [-0.05, 0) is 0 Å². The zero-order chi connectivity index (χ0) is 75.0. The Bertz CT molecular complexity index is 6300. The van der Waals surface area contributed by atoms with Crippen LogP contribution in [-0.2, 0) is 0 Å². The molecule has 113 heavy (non-hydrogen) atoms. The third-order valence-corrected chi connectivity index (χ3v) is 36.9. The second kappa shape index (κ2) is 29.9. The summed E-state index contributed by atoms with van der Waals surface area (Å²) in [7, 11) is 0. The number of fused-ring (bicyclic) bond motifs is 8. The Labute approximate surface area is 663 Å². The molecule has 0 aliphatic heterocycles. The van der Waals surface area contributed by atoms with Crippen molar-refractivity contribution in [1.82, 2.24) is 0 Å². The van der Waals surface area contributed by atoms with Crippen molar-refractivity contribution in [2.45, 2.75) is 0 Å². The third-order valence-electron chi connectivity index (χ3n) is 23.3. The molecule has 0 radical (unpaired) electrons. The van der Waals surface area contributed by atoms with Crippen molar-refractivity contribution in [1.29, 1.82) is 0 Å². The van der Waals surface area contributed by atoms with E-state index in [0.29, 0.717) is 0 Å². The molecule has 0 saturated heterocycles. The zero-order valence-corrected chi connectivity index (χ0v) is 65.2. The van der Waals surface area contributed by atoms with E-state index in [0.717, 1.165) is 66.8 Å². The molecule has 20 rings (SSSR count). The fourth-order valence-electron chi connectivity index (χ4n) is 17.5. The number of hydrogen-bond acceptors (Lipinski definition) is 0. The van der Waals surface area contributed by atoms with Gasteiger partial charge in [-0.1, -0.05) is 0 Å². The van der Waals surface area contributed by atoms with Gasteiger partial charge in [-0.3, -0.25) is 0 Å². The molecule has 0 fully saturated rings. The van der Waals surface area contributed by atoms with Crippen LogP contribution in [0.15, 0.2) is 437 Å². The fraction of sp³-hybridized carbons (Fsp3) is 0. The Morgan fingerprint density at radius 2 is 0.319 bits per heavy atom. The van der Waals surface area contributed by atoms with E-state index in [-0.39, 0.29) is 0 Å². The minimum atomic E-state index is -4.83. The van der Waals surface area contributed by atoms with Crippen LogP contribution in [0.4, 0.5) is 0 Å². The summed E-state index contributed by atoms with van der Waals surface area (Å²) < 4.78 is 5.34. The normalized spacial score (nSPS) is 12.9. The quantitative estimate of drug-likeness (QED) is 0.0668. The van der Waals surface area contributed by atoms with Crippen LogP contribution < -0.4 is 14.3 Å². The first-order valence-corrected chi connectivity index (χ1v) is 44.9. The van der Waals surface area contributed by atoms with Gasteiger partial charge in [0, 0.05) is 0 Å². The van der Waals surface area contributed by atoms with E-state index in [1.165, 1.54) is 123 Å². The van der Waals surface area contributed by atoms with E-state index in [1.54, 1.807) is 0 Å². The third kappa shape index (κ3) is 13.2. The Hall–Kier alpha value is -13.8. The average Bonchev–Trinajstić information content (AvgIpc) is 0.724. The Balaban J connectivity index is 0.838. The van der Waals surface area contributed by atoms with Crippen molar-refractivity contribution in [3.63, 3.8) is 0 Å². The predicted octanol–water partition coefficient (Wildman–Crippen LogP) is 26.6. The molecule has 0 atom stereocenters. The van der Waals surface area contributed by atoms with Crippen LogP contribution in [0.1, 0.15) is 66.8 Å². The molecule has 0 aliphatic carbocycles. The molecule has 0 aliphatic rings. The van der Waals surface area contributed by atoms with Crippen molar-refractivity contribution in [2.24, 2.45) is 0 Å². The van der Waals surface area contributed by atoms with E-state index >= 15 is 0 Å². The van der Waals surface area contributed by atoms with Crippen LogP contribution >= 0.6 is 0 Å². The van der Waals surface area contributed by atoms with Crippen molar-refractivity contribution < 1.29 is 0 Å². The summed E-state index contributed by atoms with van der Waals surface area (Å²) in [6.07, 6.45) is 9.69. The summed E-state index contributed by atoms with van der Waals surface area (Å²) in [5.41, 5.74) is 18.6. The average molecular weight is 1540 g/mol. The van der Waals surface area contributed by atoms with E-state index in [4.69, 9.17) is 0 Å². The maximum absolute atomic E-state index is 4.83. The van der Waals surface area contributed by atoms with Crippen LogP contribution in [0.5, 0.6) is 0 Å². The molecule has 1 heteroatoms. The van der Waals surface area contributed by atoms with Gasteiger partial charge in [-0.15, -0.1) is 0 Å². The zero-order valence-electron chi connectivity index (χ0n) is 62.4. The predicted molar refractivity (Wildman–Crippen MR) is 490 cm³/mol. The van der Waals surface area contributed by atoms with Gasteiger partial charge in [0.25, 0.3) is 0 Å².